The minimum atomic E-state index is -0.663. The molecule has 0 spiro atoms. The van der Waals surface area contributed by atoms with Gasteiger partial charge in [0.2, 0.25) is 5.91 Å². The number of hydrogen-bond acceptors (Lipinski definition) is 6. The maximum atomic E-state index is 12.2. The molecule has 166 valence electrons. The van der Waals surface area contributed by atoms with E-state index in [2.05, 4.69) is 16.2 Å². The fraction of sp³-hybridized carbons (Fsp3) is 0.318. The van der Waals surface area contributed by atoms with Crippen LogP contribution in [-0.4, -0.2) is 23.7 Å². The standard InChI is InChI=1S/C22H28N4O5/c1-22(2,3)31-21(29)26-25-17-11-9-16(10-12-17)18(13-19(23)27)24-20(28)30-14-15-7-5-4-6-8-15/h4-12,18,25H,13-14H2,1-3H3,(H2,23,27)(H,24,28)(H,26,29). The van der Waals surface area contributed by atoms with Crippen molar-refractivity contribution in [1.29, 1.82) is 0 Å². The molecule has 2 rings (SSSR count). The first-order valence-corrected chi connectivity index (χ1v) is 9.73. The van der Waals surface area contributed by atoms with Gasteiger partial charge in [-0.15, -0.1) is 0 Å². The van der Waals surface area contributed by atoms with Crippen LogP contribution >= 0.6 is 0 Å². The lowest BCUT2D eigenvalue weighted by Gasteiger charge is -2.20. The zero-order chi connectivity index (χ0) is 22.9. The lowest BCUT2D eigenvalue weighted by Crippen LogP contribution is -2.35. The average molecular weight is 428 g/mol. The zero-order valence-electron chi connectivity index (χ0n) is 17.8. The molecule has 0 heterocycles. The largest absolute Gasteiger partial charge is 0.445 e. The Bertz CT molecular complexity index is 879. The molecule has 0 bridgehead atoms. The van der Waals surface area contributed by atoms with E-state index in [-0.39, 0.29) is 13.0 Å². The van der Waals surface area contributed by atoms with Crippen LogP contribution in [0.2, 0.25) is 0 Å². The van der Waals surface area contributed by atoms with Crippen molar-refractivity contribution in [2.45, 2.75) is 45.4 Å². The fourth-order valence-electron chi connectivity index (χ4n) is 2.59. The summed E-state index contributed by atoms with van der Waals surface area (Å²) in [5.41, 5.74) is 11.9. The summed E-state index contributed by atoms with van der Waals surface area (Å²) in [7, 11) is 0. The van der Waals surface area contributed by atoms with Crippen molar-refractivity contribution < 1.29 is 23.9 Å². The van der Waals surface area contributed by atoms with Gasteiger partial charge in [0.1, 0.15) is 12.2 Å². The summed E-state index contributed by atoms with van der Waals surface area (Å²) in [6.45, 7) is 5.39. The summed E-state index contributed by atoms with van der Waals surface area (Å²) in [5.74, 6) is -0.567. The van der Waals surface area contributed by atoms with Crippen molar-refractivity contribution in [3.8, 4) is 0 Å². The minimum absolute atomic E-state index is 0.0939. The first-order valence-electron chi connectivity index (χ1n) is 9.73. The average Bonchev–Trinajstić information content (AvgIpc) is 2.70. The van der Waals surface area contributed by atoms with Crippen molar-refractivity contribution in [2.24, 2.45) is 5.73 Å². The molecular formula is C22H28N4O5. The maximum absolute atomic E-state index is 12.2. The number of nitrogens with two attached hydrogens (primary N) is 1. The molecule has 0 aliphatic rings. The van der Waals surface area contributed by atoms with Crippen molar-refractivity contribution in [3.05, 3.63) is 65.7 Å². The molecule has 0 saturated carbocycles. The Morgan fingerprint density at radius 1 is 0.968 bits per heavy atom. The van der Waals surface area contributed by atoms with E-state index < -0.39 is 29.7 Å². The molecule has 3 amide bonds. The Labute approximate surface area is 181 Å². The zero-order valence-corrected chi connectivity index (χ0v) is 17.8. The Kier molecular flexibility index (Phi) is 8.25. The number of amides is 3. The molecule has 0 aliphatic carbocycles. The summed E-state index contributed by atoms with van der Waals surface area (Å²) in [6.07, 6.45) is -1.38. The number of rotatable bonds is 8. The number of nitrogens with one attached hydrogen (secondary N) is 3. The van der Waals surface area contributed by atoms with Crippen molar-refractivity contribution >= 4 is 23.8 Å². The number of anilines is 1. The third-order valence-corrected chi connectivity index (χ3v) is 3.93. The lowest BCUT2D eigenvalue weighted by molar-refractivity contribution is -0.118. The quantitative estimate of drug-likeness (QED) is 0.477. The van der Waals surface area contributed by atoms with Crippen LogP contribution in [0.1, 0.15) is 44.4 Å². The van der Waals surface area contributed by atoms with Crippen LogP contribution in [0.25, 0.3) is 0 Å². The summed E-state index contributed by atoms with van der Waals surface area (Å²) >= 11 is 0. The van der Waals surface area contributed by atoms with Crippen LogP contribution in [0, 0.1) is 0 Å². The number of carbonyl (C=O) groups excluding carboxylic acids is 3. The molecule has 0 saturated heterocycles. The predicted molar refractivity (Wildman–Crippen MR) is 116 cm³/mol. The highest BCUT2D eigenvalue weighted by Crippen LogP contribution is 2.19. The number of hydrogen-bond donors (Lipinski definition) is 4. The molecule has 9 heteroatoms. The monoisotopic (exact) mass is 428 g/mol. The summed E-state index contributed by atoms with van der Waals surface area (Å²) in [6, 6.07) is 15.3. The third-order valence-electron chi connectivity index (χ3n) is 3.93. The summed E-state index contributed by atoms with van der Waals surface area (Å²) in [4.78, 5) is 35.3. The van der Waals surface area contributed by atoms with E-state index in [1.54, 1.807) is 45.0 Å². The first-order chi connectivity index (χ1) is 14.6. The number of carbonyl (C=O) groups is 3. The van der Waals surface area contributed by atoms with E-state index >= 15 is 0 Å². The highest BCUT2D eigenvalue weighted by Gasteiger charge is 2.19. The Hall–Kier alpha value is -3.75. The predicted octanol–water partition coefficient (Wildman–Crippen LogP) is 3.38. The number of primary amides is 1. The molecule has 5 N–H and O–H groups in total. The number of benzene rings is 2. The molecule has 0 fully saturated rings. The molecule has 31 heavy (non-hydrogen) atoms. The van der Waals surface area contributed by atoms with E-state index in [1.807, 2.05) is 30.3 Å². The van der Waals surface area contributed by atoms with Gasteiger partial charge in [-0.2, -0.15) is 0 Å². The van der Waals surface area contributed by atoms with Crippen LogP contribution in [0.5, 0.6) is 0 Å². The molecule has 9 nitrogen and oxygen atoms in total. The molecule has 2 aromatic rings. The lowest BCUT2D eigenvalue weighted by atomic mass is 10.0. The van der Waals surface area contributed by atoms with Gasteiger partial charge >= 0.3 is 12.2 Å². The van der Waals surface area contributed by atoms with Gasteiger partial charge in [0.25, 0.3) is 0 Å². The van der Waals surface area contributed by atoms with Crippen molar-refractivity contribution in [1.82, 2.24) is 10.7 Å². The van der Waals surface area contributed by atoms with Gasteiger partial charge in [0, 0.05) is 0 Å². The molecule has 0 radical (unpaired) electrons. The van der Waals surface area contributed by atoms with Crippen LogP contribution < -0.4 is 21.9 Å². The molecular weight excluding hydrogens is 400 g/mol. The third kappa shape index (κ3) is 9.07. The van der Waals surface area contributed by atoms with Gasteiger partial charge < -0.3 is 20.5 Å². The molecule has 0 aromatic heterocycles. The van der Waals surface area contributed by atoms with Crippen LogP contribution in [0.15, 0.2) is 54.6 Å². The van der Waals surface area contributed by atoms with Crippen molar-refractivity contribution in [3.63, 3.8) is 0 Å². The molecule has 0 aliphatic heterocycles. The maximum Gasteiger partial charge on any atom is 0.426 e. The van der Waals surface area contributed by atoms with Gasteiger partial charge in [-0.05, 0) is 44.0 Å². The van der Waals surface area contributed by atoms with Gasteiger partial charge in [0.15, 0.2) is 0 Å². The smallest absolute Gasteiger partial charge is 0.426 e. The van der Waals surface area contributed by atoms with E-state index in [0.717, 1.165) is 5.56 Å². The first kappa shape index (κ1) is 23.5. The van der Waals surface area contributed by atoms with Crippen LogP contribution in [0.3, 0.4) is 0 Å². The van der Waals surface area contributed by atoms with E-state index in [4.69, 9.17) is 15.2 Å². The second-order valence-electron chi connectivity index (χ2n) is 7.80. The van der Waals surface area contributed by atoms with E-state index in [1.165, 1.54) is 0 Å². The molecule has 1 unspecified atom stereocenters. The van der Waals surface area contributed by atoms with Gasteiger partial charge in [-0.3, -0.25) is 10.2 Å². The molecule has 2 aromatic carbocycles. The minimum Gasteiger partial charge on any atom is -0.445 e. The Morgan fingerprint density at radius 2 is 1.61 bits per heavy atom. The van der Waals surface area contributed by atoms with Crippen LogP contribution in [-0.2, 0) is 20.9 Å². The molecule has 1 atom stereocenters. The van der Waals surface area contributed by atoms with E-state index in [0.29, 0.717) is 11.3 Å². The van der Waals surface area contributed by atoms with Gasteiger partial charge in [-0.25, -0.2) is 15.0 Å². The number of ether oxygens (including phenoxy) is 2. The second-order valence-corrected chi connectivity index (χ2v) is 7.80. The second kappa shape index (κ2) is 10.9. The van der Waals surface area contributed by atoms with Crippen molar-refractivity contribution in [2.75, 3.05) is 5.43 Å². The van der Waals surface area contributed by atoms with E-state index in [9.17, 15) is 14.4 Å². The number of alkyl carbamates (subject to hydrolysis) is 1. The summed E-state index contributed by atoms with van der Waals surface area (Å²) < 4.78 is 10.4. The Morgan fingerprint density at radius 3 is 2.19 bits per heavy atom. The highest BCUT2D eigenvalue weighted by molar-refractivity contribution is 5.76. The fourth-order valence-corrected chi connectivity index (χ4v) is 2.59. The highest BCUT2D eigenvalue weighted by atomic mass is 16.6. The normalized spacial score (nSPS) is 11.7. The SMILES string of the molecule is CC(C)(C)OC(=O)NNc1ccc(C(CC(N)=O)NC(=O)OCc2ccccc2)cc1. The topological polar surface area (TPSA) is 132 Å². The Balaban J connectivity index is 1.94. The van der Waals surface area contributed by atoms with Gasteiger partial charge in [-0.1, -0.05) is 42.5 Å². The van der Waals surface area contributed by atoms with Gasteiger partial charge in [0.05, 0.1) is 18.2 Å². The van der Waals surface area contributed by atoms with Crippen LogP contribution in [0.4, 0.5) is 15.3 Å². The summed E-state index contributed by atoms with van der Waals surface area (Å²) in [5, 5.41) is 2.66. The number of hydrazine groups is 1.